The van der Waals surface area contributed by atoms with Crippen molar-refractivity contribution in [2.45, 2.75) is 38.2 Å². The van der Waals surface area contributed by atoms with Crippen LogP contribution in [0.25, 0.3) is 0 Å². The average molecular weight is 224 g/mol. The van der Waals surface area contributed by atoms with Crippen LogP contribution in [0.1, 0.15) is 30.4 Å². The molecule has 2 nitrogen and oxygen atoms in total. The van der Waals surface area contributed by atoms with Gasteiger partial charge in [-0.25, -0.2) is 4.39 Å². The minimum atomic E-state index is -0.539. The summed E-state index contributed by atoms with van der Waals surface area (Å²) in [6.45, 7) is 1.84. The normalized spacial score (nSPS) is 17.2. The Kier molecular flexibility index (Phi) is 2.89. The Morgan fingerprint density at radius 1 is 1.44 bits per heavy atom. The van der Waals surface area contributed by atoms with Gasteiger partial charge in [0.25, 0.3) is 0 Å². The lowest BCUT2D eigenvalue weighted by Gasteiger charge is -2.12. The Bertz CT molecular complexity index is 397. The number of ether oxygens (including phenoxy) is 1. The molecule has 0 aromatic heterocycles. The highest BCUT2D eigenvalue weighted by molar-refractivity contribution is 5.38. The quantitative estimate of drug-likeness (QED) is 0.851. The van der Waals surface area contributed by atoms with E-state index in [4.69, 9.17) is 4.74 Å². The highest BCUT2D eigenvalue weighted by Gasteiger charge is 2.39. The molecule has 88 valence electrons. The van der Waals surface area contributed by atoms with E-state index in [0.29, 0.717) is 24.2 Å². The number of aliphatic hydroxyl groups is 1. The predicted molar refractivity (Wildman–Crippen MR) is 60.2 cm³/mol. The molecule has 0 bridgehead atoms. The lowest BCUT2D eigenvalue weighted by molar-refractivity contribution is 0.140. The molecule has 2 rings (SSSR count). The van der Waals surface area contributed by atoms with Gasteiger partial charge in [0.1, 0.15) is 11.6 Å². The van der Waals surface area contributed by atoms with E-state index in [1.165, 1.54) is 6.07 Å². The summed E-state index contributed by atoms with van der Waals surface area (Å²) in [6.07, 6.45) is 2.82. The van der Waals surface area contributed by atoms with Crippen LogP contribution in [0.2, 0.25) is 0 Å². The zero-order valence-electron chi connectivity index (χ0n) is 9.72. The number of halogens is 1. The molecule has 0 saturated heterocycles. The fourth-order valence-corrected chi connectivity index (χ4v) is 1.92. The third-order valence-electron chi connectivity index (χ3n) is 3.19. The van der Waals surface area contributed by atoms with Crippen LogP contribution >= 0.6 is 0 Å². The van der Waals surface area contributed by atoms with Crippen molar-refractivity contribution >= 4 is 0 Å². The molecular weight excluding hydrogens is 207 g/mol. The molecule has 0 heterocycles. The zero-order chi connectivity index (χ0) is 11.8. The fraction of sp³-hybridized carbons (Fsp3) is 0.538. The predicted octanol–water partition coefficient (Wildman–Crippen LogP) is 2.60. The molecule has 0 spiro atoms. The Balaban J connectivity index is 2.17. The van der Waals surface area contributed by atoms with Crippen molar-refractivity contribution in [3.63, 3.8) is 0 Å². The Labute approximate surface area is 95.1 Å². The summed E-state index contributed by atoms with van der Waals surface area (Å²) in [5.41, 5.74) is 0.888. The van der Waals surface area contributed by atoms with Gasteiger partial charge in [-0.3, -0.25) is 0 Å². The smallest absolute Gasteiger partial charge is 0.130 e. The van der Waals surface area contributed by atoms with Gasteiger partial charge in [-0.2, -0.15) is 0 Å². The Morgan fingerprint density at radius 2 is 2.12 bits per heavy atom. The summed E-state index contributed by atoms with van der Waals surface area (Å²) < 4.78 is 18.9. The Morgan fingerprint density at radius 3 is 2.69 bits per heavy atom. The molecule has 1 aliphatic carbocycles. The number of hydrogen-bond donors (Lipinski definition) is 1. The van der Waals surface area contributed by atoms with Gasteiger partial charge >= 0.3 is 0 Å². The molecule has 3 heteroatoms. The highest BCUT2D eigenvalue weighted by Crippen LogP contribution is 2.40. The van der Waals surface area contributed by atoms with Crippen LogP contribution in [0, 0.1) is 12.7 Å². The van der Waals surface area contributed by atoms with E-state index in [9.17, 15) is 9.50 Å². The summed E-state index contributed by atoms with van der Waals surface area (Å²) in [5, 5.41) is 9.74. The zero-order valence-corrected chi connectivity index (χ0v) is 9.72. The van der Waals surface area contributed by atoms with E-state index >= 15 is 0 Å². The molecule has 0 radical (unpaired) electrons. The minimum absolute atomic E-state index is 0.235. The first-order valence-corrected chi connectivity index (χ1v) is 5.59. The van der Waals surface area contributed by atoms with Crippen molar-refractivity contribution in [3.05, 3.63) is 29.1 Å². The lowest BCUT2D eigenvalue weighted by Crippen LogP contribution is -2.09. The molecule has 1 aliphatic rings. The number of hydrogen-bond acceptors (Lipinski definition) is 2. The average Bonchev–Trinajstić information content (AvgIpc) is 2.94. The van der Waals surface area contributed by atoms with Crippen molar-refractivity contribution in [3.8, 4) is 5.75 Å². The first-order valence-electron chi connectivity index (χ1n) is 5.59. The monoisotopic (exact) mass is 224 g/mol. The van der Waals surface area contributed by atoms with Gasteiger partial charge in [-0.05, 0) is 50.3 Å². The first-order chi connectivity index (χ1) is 7.54. The third kappa shape index (κ3) is 2.35. The maximum Gasteiger partial charge on any atom is 0.130 e. The molecule has 0 unspecified atom stereocenters. The van der Waals surface area contributed by atoms with Gasteiger partial charge in [0.15, 0.2) is 0 Å². The SMILES string of the molecule is COc1cc(C)cc(F)c1CCC1(O)CC1. The van der Waals surface area contributed by atoms with Crippen molar-refractivity contribution in [2.75, 3.05) is 7.11 Å². The summed E-state index contributed by atoms with van der Waals surface area (Å²) in [4.78, 5) is 0. The van der Waals surface area contributed by atoms with Gasteiger partial charge < -0.3 is 9.84 Å². The topological polar surface area (TPSA) is 29.5 Å². The third-order valence-corrected chi connectivity index (χ3v) is 3.19. The molecule has 1 fully saturated rings. The summed E-state index contributed by atoms with van der Waals surface area (Å²) >= 11 is 0. The number of benzene rings is 1. The van der Waals surface area contributed by atoms with Crippen LogP contribution in [0.5, 0.6) is 5.75 Å². The second kappa shape index (κ2) is 4.06. The van der Waals surface area contributed by atoms with Crippen LogP contribution in [0.4, 0.5) is 4.39 Å². The maximum atomic E-state index is 13.7. The first kappa shape index (κ1) is 11.4. The second-order valence-electron chi connectivity index (χ2n) is 4.65. The van der Waals surface area contributed by atoms with Crippen molar-refractivity contribution < 1.29 is 14.2 Å². The molecule has 1 aromatic carbocycles. The molecular formula is C13H17FO2. The standard InChI is InChI=1S/C13H17FO2/c1-9-7-11(14)10(12(8-9)16-2)3-4-13(15)5-6-13/h7-8,15H,3-6H2,1-2H3. The van der Waals surface area contributed by atoms with Crippen molar-refractivity contribution in [1.82, 2.24) is 0 Å². The van der Waals surface area contributed by atoms with Gasteiger partial charge in [-0.1, -0.05) is 0 Å². The van der Waals surface area contributed by atoms with Crippen LogP contribution < -0.4 is 4.74 Å². The van der Waals surface area contributed by atoms with Crippen LogP contribution in [0.3, 0.4) is 0 Å². The molecule has 1 aromatic rings. The second-order valence-corrected chi connectivity index (χ2v) is 4.65. The molecule has 0 amide bonds. The highest BCUT2D eigenvalue weighted by atomic mass is 19.1. The van der Waals surface area contributed by atoms with Gasteiger partial charge in [-0.15, -0.1) is 0 Å². The molecule has 0 aliphatic heterocycles. The number of methoxy groups -OCH3 is 1. The van der Waals surface area contributed by atoms with E-state index < -0.39 is 5.60 Å². The van der Waals surface area contributed by atoms with Crippen molar-refractivity contribution in [1.29, 1.82) is 0 Å². The van der Waals surface area contributed by atoms with Crippen LogP contribution in [-0.4, -0.2) is 17.8 Å². The molecule has 16 heavy (non-hydrogen) atoms. The molecule has 1 N–H and O–H groups in total. The van der Waals surface area contributed by atoms with E-state index in [1.807, 2.05) is 13.0 Å². The van der Waals surface area contributed by atoms with Gasteiger partial charge in [0.2, 0.25) is 0 Å². The maximum absolute atomic E-state index is 13.7. The Hall–Kier alpha value is -1.09. The van der Waals surface area contributed by atoms with Gasteiger partial charge in [0, 0.05) is 5.56 Å². The number of rotatable bonds is 4. The summed E-state index contributed by atoms with van der Waals surface area (Å²) in [5.74, 6) is 0.350. The fourth-order valence-electron chi connectivity index (χ4n) is 1.92. The van der Waals surface area contributed by atoms with Crippen LogP contribution in [-0.2, 0) is 6.42 Å². The van der Waals surface area contributed by atoms with E-state index in [1.54, 1.807) is 7.11 Å². The van der Waals surface area contributed by atoms with Crippen molar-refractivity contribution in [2.24, 2.45) is 0 Å². The largest absolute Gasteiger partial charge is 0.496 e. The van der Waals surface area contributed by atoms with Crippen LogP contribution in [0.15, 0.2) is 12.1 Å². The minimum Gasteiger partial charge on any atom is -0.496 e. The summed E-state index contributed by atoms with van der Waals surface area (Å²) in [7, 11) is 1.55. The number of aryl methyl sites for hydroxylation is 1. The molecule has 0 atom stereocenters. The van der Waals surface area contributed by atoms with E-state index in [0.717, 1.165) is 18.4 Å². The van der Waals surface area contributed by atoms with E-state index in [-0.39, 0.29) is 5.82 Å². The molecule has 1 saturated carbocycles. The lowest BCUT2D eigenvalue weighted by atomic mass is 10.0. The van der Waals surface area contributed by atoms with Gasteiger partial charge in [0.05, 0.1) is 12.7 Å². The van der Waals surface area contributed by atoms with E-state index in [2.05, 4.69) is 0 Å². The summed E-state index contributed by atoms with van der Waals surface area (Å²) in [6, 6.07) is 3.34.